The Morgan fingerprint density at radius 2 is 1.79 bits per heavy atom. The van der Waals surface area contributed by atoms with Crippen LogP contribution in [0.25, 0.3) is 11.3 Å². The van der Waals surface area contributed by atoms with E-state index in [1.165, 1.54) is 36.6 Å². The van der Waals surface area contributed by atoms with Crippen LogP contribution in [0.15, 0.2) is 54.7 Å². The number of nitrogens with zero attached hydrogens (tertiary/aromatic N) is 3. The van der Waals surface area contributed by atoms with Crippen LogP contribution in [0, 0.1) is 13.8 Å². The van der Waals surface area contributed by atoms with Gasteiger partial charge < -0.3 is 15.5 Å². The van der Waals surface area contributed by atoms with Crippen LogP contribution < -0.4 is 15.5 Å². The maximum Gasteiger partial charge on any atom is 0.221 e. The first-order valence-electron chi connectivity index (χ1n) is 11.7. The molecule has 0 bridgehead atoms. The monoisotopic (exact) mass is 445 g/mol. The summed E-state index contributed by atoms with van der Waals surface area (Å²) in [6.07, 6.45) is 4.17. The predicted octanol–water partition coefficient (Wildman–Crippen LogP) is 4.77. The summed E-state index contributed by atoms with van der Waals surface area (Å²) in [5.74, 6) is 0.670. The molecule has 0 spiro atoms. The summed E-state index contributed by atoms with van der Waals surface area (Å²) >= 11 is 0. The standard InChI is InChI=1S/C14H22N2.C13H13N3O/c1-3-4-13-5-6-14(11-12(13)2)16-9-7-15-8-10-16;1-9-14-8-7-13(15-9)11-3-5-12(6-4-11)16-10(2)17/h5-6,11,15H,3-4,7-10H2,1-2H3;3-8H,1-2H3,(H,16,17). The zero-order valence-electron chi connectivity index (χ0n) is 20.2. The van der Waals surface area contributed by atoms with Crippen LogP contribution in [-0.2, 0) is 11.2 Å². The highest BCUT2D eigenvalue weighted by Crippen LogP contribution is 2.21. The molecule has 0 aliphatic carbocycles. The van der Waals surface area contributed by atoms with Crippen LogP contribution in [0.4, 0.5) is 11.4 Å². The summed E-state index contributed by atoms with van der Waals surface area (Å²) in [5, 5.41) is 6.11. The molecular weight excluding hydrogens is 410 g/mol. The number of hydrogen-bond acceptors (Lipinski definition) is 5. The van der Waals surface area contributed by atoms with Crippen molar-refractivity contribution in [3.8, 4) is 11.3 Å². The van der Waals surface area contributed by atoms with E-state index in [-0.39, 0.29) is 5.91 Å². The van der Waals surface area contributed by atoms with Gasteiger partial charge in [0.15, 0.2) is 0 Å². The van der Waals surface area contributed by atoms with Crippen LogP contribution in [0.3, 0.4) is 0 Å². The lowest BCUT2D eigenvalue weighted by Crippen LogP contribution is -2.43. The molecule has 4 rings (SSSR count). The first-order valence-corrected chi connectivity index (χ1v) is 11.7. The van der Waals surface area contributed by atoms with Crippen molar-refractivity contribution in [2.45, 2.75) is 40.5 Å². The lowest BCUT2D eigenvalue weighted by Gasteiger charge is -2.30. The second-order valence-corrected chi connectivity index (χ2v) is 8.35. The van der Waals surface area contributed by atoms with E-state index >= 15 is 0 Å². The minimum absolute atomic E-state index is 0.0735. The van der Waals surface area contributed by atoms with Crippen molar-refractivity contribution in [3.63, 3.8) is 0 Å². The van der Waals surface area contributed by atoms with Gasteiger partial charge in [0.1, 0.15) is 5.82 Å². The number of aryl methyl sites for hydroxylation is 3. The number of carbonyl (C=O) groups excluding carboxylic acids is 1. The van der Waals surface area contributed by atoms with Gasteiger partial charge in [-0.25, -0.2) is 9.97 Å². The Hall–Kier alpha value is -3.25. The van der Waals surface area contributed by atoms with Crippen molar-refractivity contribution < 1.29 is 4.79 Å². The Labute approximate surface area is 197 Å². The molecule has 174 valence electrons. The molecule has 0 saturated carbocycles. The number of hydrogen-bond donors (Lipinski definition) is 2. The third-order valence-corrected chi connectivity index (χ3v) is 5.60. The summed E-state index contributed by atoms with van der Waals surface area (Å²) in [7, 11) is 0. The van der Waals surface area contributed by atoms with Gasteiger partial charge in [-0.05, 0) is 61.7 Å². The SMILES string of the molecule is CC(=O)Nc1ccc(-c2ccnc(C)n2)cc1.CCCc1ccc(N2CCNCC2)cc1C. The van der Waals surface area contributed by atoms with E-state index in [4.69, 9.17) is 0 Å². The number of anilines is 2. The lowest BCUT2D eigenvalue weighted by molar-refractivity contribution is -0.114. The summed E-state index contributed by atoms with van der Waals surface area (Å²) in [6, 6.07) is 16.3. The zero-order chi connectivity index (χ0) is 23.6. The van der Waals surface area contributed by atoms with E-state index in [0.717, 1.165) is 48.9 Å². The number of piperazine rings is 1. The van der Waals surface area contributed by atoms with Crippen molar-refractivity contribution in [3.05, 3.63) is 71.7 Å². The molecule has 2 heterocycles. The predicted molar refractivity (Wildman–Crippen MR) is 137 cm³/mol. The highest BCUT2D eigenvalue weighted by atomic mass is 16.1. The average molecular weight is 446 g/mol. The lowest BCUT2D eigenvalue weighted by atomic mass is 10.0. The normalized spacial score (nSPS) is 13.2. The van der Waals surface area contributed by atoms with Crippen LogP contribution >= 0.6 is 0 Å². The highest BCUT2D eigenvalue weighted by molar-refractivity contribution is 5.88. The fourth-order valence-corrected chi connectivity index (χ4v) is 3.89. The summed E-state index contributed by atoms with van der Waals surface area (Å²) < 4.78 is 0. The molecule has 1 aliphatic rings. The highest BCUT2D eigenvalue weighted by Gasteiger charge is 2.11. The summed E-state index contributed by atoms with van der Waals surface area (Å²) in [5.41, 5.74) is 7.00. The van der Waals surface area contributed by atoms with Gasteiger partial charge in [-0.3, -0.25) is 4.79 Å². The van der Waals surface area contributed by atoms with E-state index in [1.54, 1.807) is 6.20 Å². The van der Waals surface area contributed by atoms with Crippen molar-refractivity contribution >= 4 is 17.3 Å². The van der Waals surface area contributed by atoms with Gasteiger partial charge >= 0.3 is 0 Å². The summed E-state index contributed by atoms with van der Waals surface area (Å²) in [6.45, 7) is 12.3. The van der Waals surface area contributed by atoms with E-state index in [2.05, 4.69) is 57.5 Å². The molecule has 6 nitrogen and oxygen atoms in total. The van der Waals surface area contributed by atoms with Gasteiger partial charge in [0, 0.05) is 56.2 Å². The number of benzene rings is 2. The Morgan fingerprint density at radius 1 is 1.06 bits per heavy atom. The Bertz CT molecular complexity index is 1040. The van der Waals surface area contributed by atoms with Crippen molar-refractivity contribution in [2.75, 3.05) is 36.4 Å². The minimum atomic E-state index is -0.0735. The van der Waals surface area contributed by atoms with Gasteiger partial charge in [0.2, 0.25) is 5.91 Å². The van der Waals surface area contributed by atoms with E-state index < -0.39 is 0 Å². The van der Waals surface area contributed by atoms with Crippen molar-refractivity contribution in [1.29, 1.82) is 0 Å². The zero-order valence-corrected chi connectivity index (χ0v) is 20.2. The molecular formula is C27H35N5O. The number of carbonyl (C=O) groups is 1. The van der Waals surface area contributed by atoms with Crippen LogP contribution in [-0.4, -0.2) is 42.1 Å². The largest absolute Gasteiger partial charge is 0.369 e. The minimum Gasteiger partial charge on any atom is -0.369 e. The molecule has 0 unspecified atom stereocenters. The quantitative estimate of drug-likeness (QED) is 0.592. The molecule has 33 heavy (non-hydrogen) atoms. The second-order valence-electron chi connectivity index (χ2n) is 8.35. The molecule has 2 aromatic carbocycles. The smallest absolute Gasteiger partial charge is 0.221 e. The molecule has 6 heteroatoms. The molecule has 0 radical (unpaired) electrons. The Kier molecular flexibility index (Phi) is 8.95. The van der Waals surface area contributed by atoms with Crippen LogP contribution in [0.5, 0.6) is 0 Å². The third-order valence-electron chi connectivity index (χ3n) is 5.60. The molecule has 3 aromatic rings. The van der Waals surface area contributed by atoms with Crippen molar-refractivity contribution in [1.82, 2.24) is 15.3 Å². The van der Waals surface area contributed by atoms with Crippen molar-refractivity contribution in [2.24, 2.45) is 0 Å². The Morgan fingerprint density at radius 3 is 2.39 bits per heavy atom. The fourth-order valence-electron chi connectivity index (χ4n) is 3.89. The van der Waals surface area contributed by atoms with Gasteiger partial charge in [-0.2, -0.15) is 0 Å². The average Bonchev–Trinajstić information content (AvgIpc) is 2.82. The molecule has 1 aliphatic heterocycles. The first kappa shape index (κ1) is 24.4. The topological polar surface area (TPSA) is 70.2 Å². The Balaban J connectivity index is 0.000000186. The van der Waals surface area contributed by atoms with Gasteiger partial charge in [0.05, 0.1) is 5.69 Å². The maximum absolute atomic E-state index is 10.9. The number of amides is 1. The summed E-state index contributed by atoms with van der Waals surface area (Å²) in [4.78, 5) is 21.7. The van der Waals surface area contributed by atoms with Gasteiger partial charge in [0.25, 0.3) is 0 Å². The number of nitrogens with one attached hydrogen (secondary N) is 2. The second kappa shape index (κ2) is 12.1. The maximum atomic E-state index is 10.9. The van der Waals surface area contributed by atoms with Crippen LogP contribution in [0.2, 0.25) is 0 Å². The molecule has 1 fully saturated rings. The van der Waals surface area contributed by atoms with E-state index in [9.17, 15) is 4.79 Å². The molecule has 0 atom stereocenters. The third kappa shape index (κ3) is 7.39. The fraction of sp³-hybridized carbons (Fsp3) is 0.370. The van der Waals surface area contributed by atoms with E-state index in [1.807, 2.05) is 37.3 Å². The van der Waals surface area contributed by atoms with Gasteiger partial charge in [-0.15, -0.1) is 0 Å². The molecule has 2 N–H and O–H groups in total. The molecule has 1 amide bonds. The number of aromatic nitrogens is 2. The first-order chi connectivity index (χ1) is 16.0. The van der Waals surface area contributed by atoms with Gasteiger partial charge in [-0.1, -0.05) is 31.5 Å². The number of rotatable bonds is 5. The van der Waals surface area contributed by atoms with Crippen LogP contribution in [0.1, 0.15) is 37.2 Å². The molecule has 1 saturated heterocycles. The molecule has 1 aromatic heterocycles. The van der Waals surface area contributed by atoms with E-state index in [0.29, 0.717) is 0 Å².